The molecule has 1 aromatic heterocycles. The molecule has 2 unspecified atom stereocenters. The summed E-state index contributed by atoms with van der Waals surface area (Å²) in [5.41, 5.74) is 0. The highest BCUT2D eigenvalue weighted by Crippen LogP contribution is 2.09. The predicted octanol–water partition coefficient (Wildman–Crippen LogP) is 1.08. The van der Waals surface area contributed by atoms with Gasteiger partial charge in [-0.3, -0.25) is 4.68 Å². The van der Waals surface area contributed by atoms with E-state index in [2.05, 4.69) is 36.2 Å². The normalized spacial score (nSPS) is 15.4. The van der Waals surface area contributed by atoms with Crippen molar-refractivity contribution in [2.75, 3.05) is 7.05 Å². The maximum atomic E-state index is 4.27. The highest BCUT2D eigenvalue weighted by Gasteiger charge is 2.13. The van der Waals surface area contributed by atoms with Crippen molar-refractivity contribution in [2.45, 2.75) is 39.8 Å². The van der Waals surface area contributed by atoms with Crippen LogP contribution in [0.5, 0.6) is 0 Å². The lowest BCUT2D eigenvalue weighted by Crippen LogP contribution is -2.30. The smallest absolute Gasteiger partial charge is 0.138 e. The third-order valence-corrected chi connectivity index (χ3v) is 2.81. The molecule has 1 N–H and O–H groups in total. The van der Waals surface area contributed by atoms with Crippen LogP contribution in [0.3, 0.4) is 0 Å². The van der Waals surface area contributed by atoms with Crippen LogP contribution in [0, 0.1) is 5.92 Å². The molecule has 0 fully saturated rings. The van der Waals surface area contributed by atoms with Gasteiger partial charge in [0.05, 0.1) is 0 Å². The number of hydrogen-bond donors (Lipinski definition) is 1. The fourth-order valence-corrected chi connectivity index (χ4v) is 1.46. The van der Waals surface area contributed by atoms with Crippen LogP contribution >= 0.6 is 0 Å². The van der Waals surface area contributed by atoms with Gasteiger partial charge in [0.15, 0.2) is 0 Å². The first-order valence-electron chi connectivity index (χ1n) is 5.23. The van der Waals surface area contributed by atoms with Gasteiger partial charge < -0.3 is 5.32 Å². The average molecular weight is 196 g/mol. The van der Waals surface area contributed by atoms with Crippen molar-refractivity contribution < 1.29 is 0 Å². The Morgan fingerprint density at radius 2 is 2.21 bits per heavy atom. The van der Waals surface area contributed by atoms with E-state index in [4.69, 9.17) is 0 Å². The Hall–Kier alpha value is -0.900. The Morgan fingerprint density at radius 1 is 1.50 bits per heavy atom. The number of aryl methyl sites for hydroxylation is 1. The summed E-state index contributed by atoms with van der Waals surface area (Å²) in [6, 6.07) is 0.511. The van der Waals surface area contributed by atoms with Crippen LogP contribution in [0.25, 0.3) is 0 Å². The predicted molar refractivity (Wildman–Crippen MR) is 57.1 cm³/mol. The Bertz CT molecular complexity index is 269. The van der Waals surface area contributed by atoms with Crippen molar-refractivity contribution in [3.63, 3.8) is 0 Å². The summed E-state index contributed by atoms with van der Waals surface area (Å²) in [6.45, 7) is 7.41. The van der Waals surface area contributed by atoms with Crippen molar-refractivity contribution >= 4 is 0 Å². The molecule has 1 aromatic rings. The lowest BCUT2D eigenvalue weighted by Gasteiger charge is -2.18. The average Bonchev–Trinajstić information content (AvgIpc) is 2.63. The van der Waals surface area contributed by atoms with E-state index in [1.54, 1.807) is 6.33 Å². The van der Waals surface area contributed by atoms with Crippen molar-refractivity contribution in [3.05, 3.63) is 12.2 Å². The Balaban J connectivity index is 2.59. The molecule has 0 saturated heterocycles. The van der Waals surface area contributed by atoms with Crippen LogP contribution in [-0.4, -0.2) is 27.9 Å². The SMILES string of the molecule is CCn1ncnc1CC(C)C(C)NC. The number of nitrogens with zero attached hydrogens (tertiary/aromatic N) is 3. The van der Waals surface area contributed by atoms with Crippen LogP contribution < -0.4 is 5.32 Å². The molecule has 14 heavy (non-hydrogen) atoms. The quantitative estimate of drug-likeness (QED) is 0.766. The van der Waals surface area contributed by atoms with Crippen LogP contribution in [0.2, 0.25) is 0 Å². The third-order valence-electron chi connectivity index (χ3n) is 2.81. The fraction of sp³-hybridized carbons (Fsp3) is 0.800. The molecule has 0 spiro atoms. The lowest BCUT2D eigenvalue weighted by atomic mass is 10.00. The topological polar surface area (TPSA) is 42.7 Å². The third kappa shape index (κ3) is 2.54. The summed E-state index contributed by atoms with van der Waals surface area (Å²) in [7, 11) is 1.99. The van der Waals surface area contributed by atoms with Crippen molar-refractivity contribution in [1.82, 2.24) is 20.1 Å². The Morgan fingerprint density at radius 3 is 2.79 bits per heavy atom. The summed E-state index contributed by atoms with van der Waals surface area (Å²) in [5, 5.41) is 7.42. The van der Waals surface area contributed by atoms with Gasteiger partial charge in [-0.05, 0) is 26.8 Å². The minimum absolute atomic E-state index is 0.511. The second-order valence-corrected chi connectivity index (χ2v) is 3.75. The number of aromatic nitrogens is 3. The Kier molecular flexibility index (Phi) is 4.07. The molecule has 0 aliphatic carbocycles. The molecule has 0 aliphatic rings. The monoisotopic (exact) mass is 196 g/mol. The second kappa shape index (κ2) is 5.10. The van der Waals surface area contributed by atoms with E-state index in [1.807, 2.05) is 11.7 Å². The lowest BCUT2D eigenvalue weighted by molar-refractivity contribution is 0.407. The molecule has 0 bridgehead atoms. The van der Waals surface area contributed by atoms with E-state index in [0.29, 0.717) is 12.0 Å². The largest absolute Gasteiger partial charge is 0.317 e. The van der Waals surface area contributed by atoms with Crippen molar-refractivity contribution in [1.29, 1.82) is 0 Å². The van der Waals surface area contributed by atoms with Crippen LogP contribution in [0.4, 0.5) is 0 Å². The summed E-state index contributed by atoms with van der Waals surface area (Å²) < 4.78 is 1.96. The van der Waals surface area contributed by atoms with Gasteiger partial charge in [-0.15, -0.1) is 0 Å². The minimum Gasteiger partial charge on any atom is -0.317 e. The van der Waals surface area contributed by atoms with Crippen molar-refractivity contribution in [2.24, 2.45) is 5.92 Å². The van der Waals surface area contributed by atoms with E-state index < -0.39 is 0 Å². The standard InChI is InChI=1S/C10H20N4/c1-5-14-10(12-7-13-14)6-8(2)9(3)11-4/h7-9,11H,5-6H2,1-4H3. The van der Waals surface area contributed by atoms with Crippen LogP contribution in [-0.2, 0) is 13.0 Å². The summed E-state index contributed by atoms with van der Waals surface area (Å²) in [4.78, 5) is 4.27. The van der Waals surface area contributed by atoms with Gasteiger partial charge >= 0.3 is 0 Å². The van der Waals surface area contributed by atoms with Gasteiger partial charge in [-0.25, -0.2) is 4.98 Å². The maximum Gasteiger partial charge on any atom is 0.138 e. The molecule has 0 aromatic carbocycles. The summed E-state index contributed by atoms with van der Waals surface area (Å²) in [5.74, 6) is 1.66. The maximum absolute atomic E-state index is 4.27. The zero-order valence-corrected chi connectivity index (χ0v) is 9.49. The molecule has 0 amide bonds. The molecular weight excluding hydrogens is 176 g/mol. The molecule has 0 aliphatic heterocycles. The zero-order valence-electron chi connectivity index (χ0n) is 9.49. The first-order chi connectivity index (χ1) is 6.69. The summed E-state index contributed by atoms with van der Waals surface area (Å²) >= 11 is 0. The first kappa shape index (κ1) is 11.2. The molecular formula is C10H20N4. The molecule has 0 saturated carbocycles. The summed E-state index contributed by atoms with van der Waals surface area (Å²) in [6.07, 6.45) is 2.62. The van der Waals surface area contributed by atoms with E-state index >= 15 is 0 Å². The molecule has 0 radical (unpaired) electrons. The number of rotatable bonds is 5. The van der Waals surface area contributed by atoms with E-state index in [9.17, 15) is 0 Å². The van der Waals surface area contributed by atoms with Gasteiger partial charge in [0.1, 0.15) is 12.2 Å². The van der Waals surface area contributed by atoms with Crippen LogP contribution in [0.15, 0.2) is 6.33 Å². The molecule has 2 atom stereocenters. The number of hydrogen-bond acceptors (Lipinski definition) is 3. The highest BCUT2D eigenvalue weighted by atomic mass is 15.3. The molecule has 1 heterocycles. The van der Waals surface area contributed by atoms with Gasteiger partial charge in [-0.1, -0.05) is 6.92 Å². The van der Waals surface area contributed by atoms with Gasteiger partial charge in [0, 0.05) is 19.0 Å². The van der Waals surface area contributed by atoms with Crippen molar-refractivity contribution in [3.8, 4) is 0 Å². The minimum atomic E-state index is 0.511. The van der Waals surface area contributed by atoms with Gasteiger partial charge in [0.25, 0.3) is 0 Å². The van der Waals surface area contributed by atoms with Gasteiger partial charge in [0.2, 0.25) is 0 Å². The van der Waals surface area contributed by atoms with Gasteiger partial charge in [-0.2, -0.15) is 5.10 Å². The van der Waals surface area contributed by atoms with E-state index in [0.717, 1.165) is 18.8 Å². The number of nitrogens with one attached hydrogen (secondary N) is 1. The van der Waals surface area contributed by atoms with E-state index in [1.165, 1.54) is 0 Å². The molecule has 4 heteroatoms. The van der Waals surface area contributed by atoms with Crippen LogP contribution in [0.1, 0.15) is 26.6 Å². The highest BCUT2D eigenvalue weighted by molar-refractivity contribution is 4.88. The second-order valence-electron chi connectivity index (χ2n) is 3.75. The first-order valence-corrected chi connectivity index (χ1v) is 5.23. The zero-order chi connectivity index (χ0) is 10.6. The fourth-order valence-electron chi connectivity index (χ4n) is 1.46. The molecule has 4 nitrogen and oxygen atoms in total. The Labute approximate surface area is 85.7 Å². The molecule has 1 rings (SSSR count). The van der Waals surface area contributed by atoms with E-state index in [-0.39, 0.29) is 0 Å². The molecule has 80 valence electrons.